The van der Waals surface area contributed by atoms with E-state index in [1.165, 1.54) is 6.08 Å². The van der Waals surface area contributed by atoms with E-state index in [4.69, 9.17) is 10.2 Å². The molecule has 2 unspecified atom stereocenters. The summed E-state index contributed by atoms with van der Waals surface area (Å²) in [6, 6.07) is 0. The molecule has 0 radical (unpaired) electrons. The van der Waals surface area contributed by atoms with Crippen LogP contribution in [0.3, 0.4) is 0 Å². The number of hydrogen-bond acceptors (Lipinski definition) is 3. The zero-order valence-corrected chi connectivity index (χ0v) is 6.19. The lowest BCUT2D eigenvalue weighted by molar-refractivity contribution is -0.125. The van der Waals surface area contributed by atoms with Crippen LogP contribution in [-0.2, 0) is 4.79 Å². The van der Waals surface area contributed by atoms with E-state index in [2.05, 4.69) is 0 Å². The molecule has 2 atom stereocenters. The maximum atomic E-state index is 11.0. The van der Waals surface area contributed by atoms with E-state index >= 15 is 0 Å². The van der Waals surface area contributed by atoms with Gasteiger partial charge in [0.25, 0.3) is 0 Å². The van der Waals surface area contributed by atoms with Gasteiger partial charge in [-0.05, 0) is 13.0 Å². The SMILES string of the molecule is CC=CC1=CC(O)C(O)C1=O. The zero-order valence-electron chi connectivity index (χ0n) is 6.19. The monoisotopic (exact) mass is 154 g/mol. The first kappa shape index (κ1) is 8.17. The number of carbonyl (C=O) groups is 1. The smallest absolute Gasteiger partial charge is 0.194 e. The molecule has 0 aliphatic heterocycles. The number of hydrogen-bond donors (Lipinski definition) is 2. The summed E-state index contributed by atoms with van der Waals surface area (Å²) < 4.78 is 0. The molecule has 0 heterocycles. The fourth-order valence-electron chi connectivity index (χ4n) is 1.00. The van der Waals surface area contributed by atoms with E-state index in [-0.39, 0.29) is 0 Å². The van der Waals surface area contributed by atoms with Crippen LogP contribution in [0.5, 0.6) is 0 Å². The van der Waals surface area contributed by atoms with E-state index in [1.807, 2.05) is 0 Å². The van der Waals surface area contributed by atoms with Gasteiger partial charge in [0.2, 0.25) is 0 Å². The summed E-state index contributed by atoms with van der Waals surface area (Å²) in [5.74, 6) is -0.407. The van der Waals surface area contributed by atoms with Crippen molar-refractivity contribution in [2.75, 3.05) is 0 Å². The summed E-state index contributed by atoms with van der Waals surface area (Å²) in [6.07, 6.45) is 2.32. The molecule has 1 rings (SSSR count). The third-order valence-electron chi connectivity index (χ3n) is 1.57. The van der Waals surface area contributed by atoms with Gasteiger partial charge in [-0.15, -0.1) is 0 Å². The predicted octanol–water partition coefficient (Wildman–Crippen LogP) is -0.207. The second-order valence-corrected chi connectivity index (χ2v) is 2.42. The molecule has 0 saturated carbocycles. The van der Waals surface area contributed by atoms with Crippen LogP contribution < -0.4 is 0 Å². The maximum Gasteiger partial charge on any atom is 0.194 e. The second-order valence-electron chi connectivity index (χ2n) is 2.42. The molecule has 0 saturated heterocycles. The number of allylic oxidation sites excluding steroid dienone is 2. The Morgan fingerprint density at radius 2 is 2.18 bits per heavy atom. The summed E-state index contributed by atoms with van der Waals surface area (Å²) in [4.78, 5) is 11.0. The van der Waals surface area contributed by atoms with Gasteiger partial charge in [0, 0.05) is 5.57 Å². The topological polar surface area (TPSA) is 57.5 Å². The van der Waals surface area contributed by atoms with Crippen LogP contribution in [-0.4, -0.2) is 28.2 Å². The molecule has 0 amide bonds. The maximum absolute atomic E-state index is 11.0. The standard InChI is InChI=1S/C8H10O3/c1-2-3-5-4-6(9)8(11)7(5)10/h2-4,6,8-9,11H,1H3. The molecule has 0 aromatic heterocycles. The summed E-state index contributed by atoms with van der Waals surface area (Å²) in [5.41, 5.74) is 0.382. The van der Waals surface area contributed by atoms with Crippen molar-refractivity contribution in [3.63, 3.8) is 0 Å². The van der Waals surface area contributed by atoms with Crippen molar-refractivity contribution in [2.24, 2.45) is 0 Å². The number of carbonyl (C=O) groups excluding carboxylic acids is 1. The Bertz CT molecular complexity index is 227. The zero-order chi connectivity index (χ0) is 8.43. The van der Waals surface area contributed by atoms with Crippen molar-refractivity contribution >= 4 is 5.78 Å². The van der Waals surface area contributed by atoms with Crippen LogP contribution >= 0.6 is 0 Å². The summed E-state index contributed by atoms with van der Waals surface area (Å²) in [7, 11) is 0. The van der Waals surface area contributed by atoms with Crippen molar-refractivity contribution in [1.29, 1.82) is 0 Å². The molecule has 2 N–H and O–H groups in total. The second kappa shape index (κ2) is 2.98. The molecule has 0 fully saturated rings. The first-order valence-electron chi connectivity index (χ1n) is 3.41. The van der Waals surface area contributed by atoms with Crippen LogP contribution in [0.15, 0.2) is 23.8 Å². The number of rotatable bonds is 1. The molecule has 0 aromatic rings. The minimum absolute atomic E-state index is 0.382. The average molecular weight is 154 g/mol. The number of Topliss-reactive ketones (excluding diaryl/α,β-unsaturated/α-hetero) is 1. The number of ketones is 1. The first-order chi connectivity index (χ1) is 5.16. The van der Waals surface area contributed by atoms with Crippen molar-refractivity contribution in [2.45, 2.75) is 19.1 Å². The third-order valence-corrected chi connectivity index (χ3v) is 1.57. The Balaban J connectivity index is 2.83. The molecule has 11 heavy (non-hydrogen) atoms. The number of aliphatic hydroxyl groups is 2. The fourth-order valence-corrected chi connectivity index (χ4v) is 1.00. The van der Waals surface area contributed by atoms with Crippen molar-refractivity contribution in [3.05, 3.63) is 23.8 Å². The lowest BCUT2D eigenvalue weighted by atomic mass is 10.2. The first-order valence-corrected chi connectivity index (χ1v) is 3.41. The largest absolute Gasteiger partial charge is 0.386 e. The van der Waals surface area contributed by atoms with E-state index < -0.39 is 18.0 Å². The van der Waals surface area contributed by atoms with E-state index in [0.29, 0.717) is 5.57 Å². The van der Waals surface area contributed by atoms with Crippen molar-refractivity contribution in [3.8, 4) is 0 Å². The lowest BCUT2D eigenvalue weighted by Crippen LogP contribution is -2.26. The molecule has 60 valence electrons. The van der Waals surface area contributed by atoms with Gasteiger partial charge >= 0.3 is 0 Å². The molecule has 0 bridgehead atoms. The highest BCUT2D eigenvalue weighted by molar-refractivity contribution is 6.04. The van der Waals surface area contributed by atoms with Gasteiger partial charge < -0.3 is 10.2 Å². The molecule has 3 heteroatoms. The third kappa shape index (κ3) is 1.39. The predicted molar refractivity (Wildman–Crippen MR) is 39.9 cm³/mol. The van der Waals surface area contributed by atoms with Gasteiger partial charge in [-0.2, -0.15) is 0 Å². The molecular weight excluding hydrogens is 144 g/mol. The lowest BCUT2D eigenvalue weighted by Gasteiger charge is -2.02. The quantitative estimate of drug-likeness (QED) is 0.549. The van der Waals surface area contributed by atoms with Gasteiger partial charge in [0.1, 0.15) is 12.2 Å². The molecular formula is C8H10O3. The Morgan fingerprint density at radius 1 is 1.55 bits per heavy atom. The van der Waals surface area contributed by atoms with Crippen LogP contribution in [0.1, 0.15) is 6.92 Å². The van der Waals surface area contributed by atoms with Crippen LogP contribution in [0, 0.1) is 0 Å². The Kier molecular flexibility index (Phi) is 2.22. The van der Waals surface area contributed by atoms with E-state index in [0.717, 1.165) is 0 Å². The highest BCUT2D eigenvalue weighted by Crippen LogP contribution is 2.16. The fraction of sp³-hybridized carbons (Fsp3) is 0.375. The van der Waals surface area contributed by atoms with E-state index in [1.54, 1.807) is 19.1 Å². The minimum Gasteiger partial charge on any atom is -0.386 e. The highest BCUT2D eigenvalue weighted by Gasteiger charge is 2.31. The van der Waals surface area contributed by atoms with Gasteiger partial charge in [-0.25, -0.2) is 0 Å². The Morgan fingerprint density at radius 3 is 2.55 bits per heavy atom. The summed E-state index contributed by atoms with van der Waals surface area (Å²) in [5, 5.41) is 18.0. The van der Waals surface area contributed by atoms with Crippen molar-refractivity contribution in [1.82, 2.24) is 0 Å². The molecule has 1 aliphatic rings. The van der Waals surface area contributed by atoms with Crippen LogP contribution in [0.4, 0.5) is 0 Å². The van der Waals surface area contributed by atoms with E-state index in [9.17, 15) is 4.79 Å². The highest BCUT2D eigenvalue weighted by atomic mass is 16.3. The van der Waals surface area contributed by atoms with Gasteiger partial charge in [-0.3, -0.25) is 4.79 Å². The summed E-state index contributed by atoms with van der Waals surface area (Å²) in [6.45, 7) is 1.77. The van der Waals surface area contributed by atoms with Crippen molar-refractivity contribution < 1.29 is 15.0 Å². The molecule has 3 nitrogen and oxygen atoms in total. The normalized spacial score (nSPS) is 31.5. The minimum atomic E-state index is -1.26. The Labute approximate surface area is 64.7 Å². The summed E-state index contributed by atoms with van der Waals surface area (Å²) >= 11 is 0. The number of aliphatic hydroxyl groups excluding tert-OH is 2. The van der Waals surface area contributed by atoms with Gasteiger partial charge in [0.15, 0.2) is 5.78 Å². The molecule has 0 aromatic carbocycles. The Hall–Kier alpha value is -0.930. The van der Waals surface area contributed by atoms with Crippen LogP contribution in [0.2, 0.25) is 0 Å². The van der Waals surface area contributed by atoms with Crippen LogP contribution in [0.25, 0.3) is 0 Å². The molecule has 1 aliphatic carbocycles. The molecule has 0 spiro atoms. The average Bonchev–Trinajstić information content (AvgIpc) is 2.19. The van der Waals surface area contributed by atoms with Gasteiger partial charge in [0.05, 0.1) is 0 Å². The van der Waals surface area contributed by atoms with Gasteiger partial charge in [-0.1, -0.05) is 12.2 Å².